The van der Waals surface area contributed by atoms with Crippen LogP contribution in [0, 0.1) is 11.7 Å². The second-order valence-corrected chi connectivity index (χ2v) is 10.0. The molecule has 1 aliphatic carbocycles. The average molecular weight is 520 g/mol. The lowest BCUT2D eigenvalue weighted by molar-refractivity contribution is -0.138. The Morgan fingerprint density at radius 1 is 1.00 bits per heavy atom. The average Bonchev–Trinajstić information content (AvgIpc) is 3.32. The lowest BCUT2D eigenvalue weighted by Crippen LogP contribution is -2.23. The van der Waals surface area contributed by atoms with Crippen molar-refractivity contribution in [2.75, 3.05) is 0 Å². The van der Waals surface area contributed by atoms with Gasteiger partial charge in [0, 0.05) is 35.9 Å². The third kappa shape index (κ3) is 5.67. The van der Waals surface area contributed by atoms with Crippen LogP contribution in [-0.2, 0) is 11.3 Å². The number of hydrogen-bond donors (Lipinski definition) is 2. The topological polar surface area (TPSA) is 83.7 Å². The molecule has 2 aromatic heterocycles. The number of benzene rings is 2. The number of amides is 1. The number of nitrogens with zero attached hydrogens (tertiary/aromatic N) is 2. The maximum atomic E-state index is 14.0. The predicted octanol–water partition coefficient (Wildman–Crippen LogP) is 6.47. The molecule has 2 heterocycles. The first-order chi connectivity index (χ1) is 17.9. The normalized spacial score (nSPS) is 17.6. The fraction of sp³-hybridized carbons (Fsp3) is 0.276. The number of aromatic nitrogens is 2. The molecule has 190 valence electrons. The van der Waals surface area contributed by atoms with E-state index >= 15 is 0 Å². The predicted molar refractivity (Wildman–Crippen MR) is 140 cm³/mol. The lowest BCUT2D eigenvalue weighted by Gasteiger charge is -2.28. The van der Waals surface area contributed by atoms with Gasteiger partial charge in [-0.2, -0.15) is 0 Å². The van der Waals surface area contributed by atoms with Gasteiger partial charge in [-0.15, -0.1) is 0 Å². The van der Waals surface area contributed by atoms with Crippen LogP contribution >= 0.6 is 11.6 Å². The van der Waals surface area contributed by atoms with Crippen molar-refractivity contribution in [3.05, 3.63) is 94.7 Å². The summed E-state index contributed by atoms with van der Waals surface area (Å²) in [6.07, 6.45) is 7.81. The molecule has 6 nitrogen and oxygen atoms in total. The zero-order chi connectivity index (χ0) is 25.9. The largest absolute Gasteiger partial charge is 0.481 e. The fourth-order valence-corrected chi connectivity index (χ4v) is 5.36. The molecule has 0 radical (unpaired) electrons. The number of carbonyl (C=O) groups excluding carboxylic acids is 1. The molecule has 0 atom stereocenters. The molecule has 1 saturated carbocycles. The van der Waals surface area contributed by atoms with Crippen LogP contribution in [-0.4, -0.2) is 26.4 Å². The highest BCUT2D eigenvalue weighted by Crippen LogP contribution is 2.37. The standard InChI is InChI=1S/C29H27ClFN3O3/c30-24-2-1-3-25(31)23(24)15-32-29(37)26-17-34-16-22(12-13-27(34)33-26)21-10-8-20(9-11-21)19-6-4-18(5-7-19)14-28(35)36/h1-3,8-13,16-19H,4-7,14-15H2,(H,32,37)(H,35,36)/t18-,19-. The Bertz CT molecular complexity index is 1420. The Morgan fingerprint density at radius 2 is 1.73 bits per heavy atom. The summed E-state index contributed by atoms with van der Waals surface area (Å²) in [4.78, 5) is 28.0. The van der Waals surface area contributed by atoms with Crippen LogP contribution in [0.4, 0.5) is 4.39 Å². The summed E-state index contributed by atoms with van der Waals surface area (Å²) in [6.45, 7) is -0.0307. The van der Waals surface area contributed by atoms with Gasteiger partial charge in [0.2, 0.25) is 0 Å². The molecule has 0 unspecified atom stereocenters. The molecule has 0 saturated heterocycles. The number of carboxylic acids is 1. The van der Waals surface area contributed by atoms with Crippen molar-refractivity contribution in [1.82, 2.24) is 14.7 Å². The van der Waals surface area contributed by atoms with E-state index < -0.39 is 17.7 Å². The van der Waals surface area contributed by atoms with Gasteiger partial charge in [-0.3, -0.25) is 9.59 Å². The van der Waals surface area contributed by atoms with Crippen LogP contribution < -0.4 is 5.32 Å². The van der Waals surface area contributed by atoms with Gasteiger partial charge in [0.25, 0.3) is 5.91 Å². The number of hydrogen-bond acceptors (Lipinski definition) is 3. The number of fused-ring (bicyclic) bond motifs is 1. The van der Waals surface area contributed by atoms with Gasteiger partial charge in [-0.05, 0) is 78.5 Å². The highest BCUT2D eigenvalue weighted by atomic mass is 35.5. The van der Waals surface area contributed by atoms with Crippen molar-refractivity contribution in [3.8, 4) is 11.1 Å². The van der Waals surface area contributed by atoms with E-state index in [1.165, 1.54) is 17.7 Å². The van der Waals surface area contributed by atoms with Crippen molar-refractivity contribution >= 4 is 29.1 Å². The van der Waals surface area contributed by atoms with Crippen molar-refractivity contribution in [2.45, 2.75) is 44.6 Å². The quantitative estimate of drug-likeness (QED) is 0.293. The summed E-state index contributed by atoms with van der Waals surface area (Å²) < 4.78 is 15.8. The molecule has 2 N–H and O–H groups in total. The van der Waals surface area contributed by atoms with Crippen LogP contribution in [0.25, 0.3) is 16.8 Å². The summed E-state index contributed by atoms with van der Waals surface area (Å²) in [5, 5.41) is 12.0. The SMILES string of the molecule is O=C(O)C[C@H]1CC[C@H](c2ccc(-c3ccc4nc(C(=O)NCc5c(F)cccc5Cl)cn4c3)cc2)CC1. The van der Waals surface area contributed by atoms with Crippen molar-refractivity contribution in [1.29, 1.82) is 0 Å². The number of nitrogens with one attached hydrogen (secondary N) is 1. The van der Waals surface area contributed by atoms with Crippen LogP contribution in [0.2, 0.25) is 5.02 Å². The number of halogens is 2. The Balaban J connectivity index is 1.25. The third-order valence-electron chi connectivity index (χ3n) is 7.20. The highest BCUT2D eigenvalue weighted by Gasteiger charge is 2.24. The first-order valence-corrected chi connectivity index (χ1v) is 12.8. The molecule has 1 aliphatic rings. The van der Waals surface area contributed by atoms with E-state index in [-0.39, 0.29) is 29.2 Å². The molecular formula is C29H27ClFN3O3. The van der Waals surface area contributed by atoms with Crippen LogP contribution in [0.5, 0.6) is 0 Å². The molecule has 4 aromatic rings. The van der Waals surface area contributed by atoms with Gasteiger partial charge < -0.3 is 14.8 Å². The molecule has 2 aromatic carbocycles. The summed E-state index contributed by atoms with van der Waals surface area (Å²) >= 11 is 6.04. The molecule has 0 bridgehead atoms. The second-order valence-electron chi connectivity index (χ2n) is 9.63. The maximum Gasteiger partial charge on any atom is 0.303 e. The smallest absolute Gasteiger partial charge is 0.303 e. The Hall–Kier alpha value is -3.71. The Kier molecular flexibility index (Phi) is 7.24. The Labute approximate surface area is 219 Å². The third-order valence-corrected chi connectivity index (χ3v) is 7.55. The molecule has 5 rings (SSSR count). The van der Waals surface area contributed by atoms with Gasteiger partial charge in [-0.1, -0.05) is 41.9 Å². The first-order valence-electron chi connectivity index (χ1n) is 12.4. The number of carbonyl (C=O) groups is 2. The molecule has 0 spiro atoms. The first kappa shape index (κ1) is 25.0. The van der Waals surface area contributed by atoms with E-state index in [9.17, 15) is 14.0 Å². The van der Waals surface area contributed by atoms with E-state index in [4.69, 9.17) is 16.7 Å². The molecule has 0 aliphatic heterocycles. The number of pyridine rings is 1. The van der Waals surface area contributed by atoms with E-state index in [0.29, 0.717) is 17.5 Å². The lowest BCUT2D eigenvalue weighted by atomic mass is 9.77. The summed E-state index contributed by atoms with van der Waals surface area (Å²) in [6, 6.07) is 16.7. The zero-order valence-corrected chi connectivity index (χ0v) is 20.9. The summed E-state index contributed by atoms with van der Waals surface area (Å²) in [7, 11) is 0. The van der Waals surface area contributed by atoms with Crippen molar-refractivity contribution in [3.63, 3.8) is 0 Å². The number of aliphatic carboxylic acids is 1. The summed E-state index contributed by atoms with van der Waals surface area (Å²) in [5.74, 6) is -0.825. The number of carboxylic acid groups (broad SMARTS) is 1. The van der Waals surface area contributed by atoms with Crippen molar-refractivity contribution < 1.29 is 19.1 Å². The van der Waals surface area contributed by atoms with Crippen LogP contribution in [0.3, 0.4) is 0 Å². The number of imidazole rings is 1. The monoisotopic (exact) mass is 519 g/mol. The Morgan fingerprint density at radius 3 is 2.43 bits per heavy atom. The van der Waals surface area contributed by atoms with Gasteiger partial charge in [-0.25, -0.2) is 9.37 Å². The van der Waals surface area contributed by atoms with Crippen molar-refractivity contribution in [2.24, 2.45) is 5.92 Å². The zero-order valence-electron chi connectivity index (χ0n) is 20.2. The van der Waals surface area contributed by atoms with Gasteiger partial charge >= 0.3 is 5.97 Å². The van der Waals surface area contributed by atoms with Gasteiger partial charge in [0.15, 0.2) is 0 Å². The van der Waals surface area contributed by atoms with Crippen LogP contribution in [0.15, 0.2) is 67.0 Å². The van der Waals surface area contributed by atoms with Crippen LogP contribution in [0.1, 0.15) is 59.6 Å². The minimum atomic E-state index is -0.706. The summed E-state index contributed by atoms with van der Waals surface area (Å²) in [5.41, 5.74) is 4.44. The van der Waals surface area contributed by atoms with E-state index in [0.717, 1.165) is 36.8 Å². The van der Waals surface area contributed by atoms with E-state index in [1.807, 2.05) is 18.3 Å². The molecule has 37 heavy (non-hydrogen) atoms. The number of rotatable bonds is 7. The molecule has 8 heteroatoms. The van der Waals surface area contributed by atoms with Gasteiger partial charge in [0.05, 0.1) is 0 Å². The van der Waals surface area contributed by atoms with E-state index in [2.05, 4.69) is 34.6 Å². The molecule has 1 fully saturated rings. The van der Waals surface area contributed by atoms with E-state index in [1.54, 1.807) is 16.7 Å². The second kappa shape index (κ2) is 10.7. The van der Waals surface area contributed by atoms with Gasteiger partial charge in [0.1, 0.15) is 17.2 Å². The fourth-order valence-electron chi connectivity index (χ4n) is 5.13. The minimum absolute atomic E-state index is 0.0307. The molecule has 1 amide bonds. The molecular weight excluding hydrogens is 493 g/mol. The minimum Gasteiger partial charge on any atom is -0.481 e. The maximum absolute atomic E-state index is 14.0. The highest BCUT2D eigenvalue weighted by molar-refractivity contribution is 6.31.